The first-order valence-corrected chi connectivity index (χ1v) is 9.17. The zero-order chi connectivity index (χ0) is 16.4. The summed E-state index contributed by atoms with van der Waals surface area (Å²) < 4.78 is 0. The van der Waals surface area contributed by atoms with Crippen LogP contribution >= 0.6 is 11.6 Å². The Morgan fingerprint density at radius 3 is 2.91 bits per heavy atom. The van der Waals surface area contributed by atoms with Gasteiger partial charge in [-0.15, -0.1) is 0 Å². The lowest BCUT2D eigenvalue weighted by Crippen LogP contribution is -2.43. The highest BCUT2D eigenvalue weighted by molar-refractivity contribution is 6.30. The van der Waals surface area contributed by atoms with Crippen molar-refractivity contribution in [2.45, 2.75) is 58.5 Å². The highest BCUT2D eigenvalue weighted by atomic mass is 35.5. The van der Waals surface area contributed by atoms with Crippen LogP contribution in [0, 0.1) is 5.92 Å². The van der Waals surface area contributed by atoms with Crippen LogP contribution in [0.5, 0.6) is 0 Å². The third-order valence-electron chi connectivity index (χ3n) is 5.18. The number of nitrogens with one attached hydrogen (secondary N) is 1. The van der Waals surface area contributed by atoms with Gasteiger partial charge in [-0.05, 0) is 25.2 Å². The van der Waals surface area contributed by atoms with Crippen LogP contribution in [-0.4, -0.2) is 51.4 Å². The molecular weight excluding hydrogens is 312 g/mol. The quantitative estimate of drug-likeness (QED) is 0.898. The second kappa shape index (κ2) is 7.22. The molecule has 0 unspecified atom stereocenters. The molecule has 4 heterocycles. The van der Waals surface area contributed by atoms with Crippen molar-refractivity contribution in [3.8, 4) is 0 Å². The van der Waals surface area contributed by atoms with Gasteiger partial charge in [0.05, 0.1) is 5.69 Å². The summed E-state index contributed by atoms with van der Waals surface area (Å²) >= 11 is 6.33. The third-order valence-corrected chi connectivity index (χ3v) is 5.49. The van der Waals surface area contributed by atoms with Gasteiger partial charge in [-0.2, -0.15) is 0 Å². The predicted molar refractivity (Wildman–Crippen MR) is 91.4 cm³/mol. The van der Waals surface area contributed by atoms with Gasteiger partial charge >= 0.3 is 0 Å². The van der Waals surface area contributed by atoms with E-state index in [1.165, 1.54) is 12.8 Å². The number of amides is 1. The number of hydrogen-bond acceptors (Lipinski definition) is 3. The summed E-state index contributed by atoms with van der Waals surface area (Å²) in [5.41, 5.74) is 1.03. The molecule has 2 bridgehead atoms. The largest absolute Gasteiger partial charge is 0.344 e. The van der Waals surface area contributed by atoms with Crippen molar-refractivity contribution < 1.29 is 4.79 Å². The van der Waals surface area contributed by atoms with Gasteiger partial charge in [-0.25, -0.2) is 4.98 Å². The molecule has 0 aromatic carbocycles. The summed E-state index contributed by atoms with van der Waals surface area (Å²) in [7, 11) is 0. The molecule has 0 radical (unpaired) electrons. The van der Waals surface area contributed by atoms with E-state index in [0.717, 1.165) is 57.0 Å². The average Bonchev–Trinajstić information content (AvgIpc) is 2.69. The van der Waals surface area contributed by atoms with Crippen LogP contribution in [0.2, 0.25) is 5.15 Å². The van der Waals surface area contributed by atoms with Gasteiger partial charge in [0.2, 0.25) is 5.91 Å². The van der Waals surface area contributed by atoms with E-state index in [1.54, 1.807) is 6.92 Å². The molecule has 4 rings (SSSR count). The van der Waals surface area contributed by atoms with E-state index in [1.807, 2.05) is 4.90 Å². The molecule has 128 valence electrons. The minimum absolute atomic E-state index is 0.199. The van der Waals surface area contributed by atoms with Crippen molar-refractivity contribution in [1.82, 2.24) is 19.8 Å². The summed E-state index contributed by atoms with van der Waals surface area (Å²) in [5, 5.41) is 0.611. The Morgan fingerprint density at radius 2 is 2.17 bits per heavy atom. The fourth-order valence-corrected chi connectivity index (χ4v) is 4.05. The number of halogens is 1. The molecular formula is C17H27ClN4O. The number of hydrogen-bond donors (Lipinski definition) is 1. The molecule has 3 saturated heterocycles. The Hall–Kier alpha value is -1.07. The molecule has 2 atom stereocenters. The van der Waals surface area contributed by atoms with Crippen molar-refractivity contribution in [3.05, 3.63) is 16.7 Å². The SMILES string of the molecule is CCCCc1nc(Cl)c(CN2C[C@H]3CC[C@@H]2CN(C(C)=O)C3)[nH]1. The highest BCUT2D eigenvalue weighted by Gasteiger charge is 2.36. The number of rotatable bonds is 5. The lowest BCUT2D eigenvalue weighted by atomic mass is 9.95. The van der Waals surface area contributed by atoms with Crippen LogP contribution in [0.15, 0.2) is 0 Å². The van der Waals surface area contributed by atoms with Gasteiger partial charge in [0.15, 0.2) is 5.15 Å². The molecule has 1 N–H and O–H groups in total. The molecule has 1 aromatic heterocycles. The number of aromatic amines is 1. The number of fused-ring (bicyclic) bond motifs is 4. The van der Waals surface area contributed by atoms with Crippen molar-refractivity contribution in [2.24, 2.45) is 5.92 Å². The Kier molecular flexibility index (Phi) is 5.27. The summed E-state index contributed by atoms with van der Waals surface area (Å²) in [4.78, 5) is 24.1. The number of H-pyrrole nitrogens is 1. The molecule has 5 nitrogen and oxygen atoms in total. The van der Waals surface area contributed by atoms with E-state index in [4.69, 9.17) is 11.6 Å². The number of carbonyl (C=O) groups excluding carboxylic acids is 1. The number of nitrogens with zero attached hydrogens (tertiary/aromatic N) is 3. The molecule has 0 saturated carbocycles. The minimum Gasteiger partial charge on any atom is -0.344 e. The monoisotopic (exact) mass is 338 g/mol. The van der Waals surface area contributed by atoms with Gasteiger partial charge in [-0.3, -0.25) is 9.69 Å². The first kappa shape index (κ1) is 16.8. The fourth-order valence-electron chi connectivity index (χ4n) is 3.84. The van der Waals surface area contributed by atoms with E-state index in [-0.39, 0.29) is 5.91 Å². The molecule has 0 aliphatic carbocycles. The molecule has 6 heteroatoms. The van der Waals surface area contributed by atoms with Crippen molar-refractivity contribution in [3.63, 3.8) is 0 Å². The Bertz CT molecular complexity index is 559. The molecule has 1 amide bonds. The lowest BCUT2D eigenvalue weighted by molar-refractivity contribution is -0.129. The number of carbonyl (C=O) groups is 1. The van der Waals surface area contributed by atoms with Crippen molar-refractivity contribution in [1.29, 1.82) is 0 Å². The Balaban J connectivity index is 1.68. The molecule has 3 aliphatic rings. The lowest BCUT2D eigenvalue weighted by Gasteiger charge is -2.35. The first-order valence-electron chi connectivity index (χ1n) is 8.79. The van der Waals surface area contributed by atoms with Gasteiger partial charge in [-0.1, -0.05) is 24.9 Å². The van der Waals surface area contributed by atoms with E-state index >= 15 is 0 Å². The number of aromatic nitrogens is 2. The maximum absolute atomic E-state index is 11.8. The maximum Gasteiger partial charge on any atom is 0.219 e. The second-order valence-corrected chi connectivity index (χ2v) is 7.37. The first-order chi connectivity index (χ1) is 11.1. The van der Waals surface area contributed by atoms with Gasteiger partial charge in [0.1, 0.15) is 5.82 Å². The number of imidazole rings is 1. The second-order valence-electron chi connectivity index (χ2n) is 7.01. The summed E-state index contributed by atoms with van der Waals surface area (Å²) in [6.07, 6.45) is 5.64. The minimum atomic E-state index is 0.199. The Morgan fingerprint density at radius 1 is 1.35 bits per heavy atom. The molecule has 3 aliphatic heterocycles. The standard InChI is InChI=1S/C17H27ClN4O/c1-3-4-5-16-19-15(17(18)20-16)11-22-9-13-6-7-14(22)10-21(8-13)12(2)23/h13-14H,3-11H2,1-2H3,(H,19,20)/t13-,14+/m0/s1. The van der Waals surface area contributed by atoms with Gasteiger partial charge < -0.3 is 9.88 Å². The smallest absolute Gasteiger partial charge is 0.219 e. The zero-order valence-corrected chi connectivity index (χ0v) is 14.9. The van der Waals surface area contributed by atoms with Crippen molar-refractivity contribution >= 4 is 17.5 Å². The van der Waals surface area contributed by atoms with E-state index in [0.29, 0.717) is 17.1 Å². The molecule has 23 heavy (non-hydrogen) atoms. The van der Waals surface area contributed by atoms with E-state index in [9.17, 15) is 4.79 Å². The topological polar surface area (TPSA) is 52.2 Å². The third kappa shape index (κ3) is 3.89. The van der Waals surface area contributed by atoms with Crippen molar-refractivity contribution in [2.75, 3.05) is 19.6 Å². The van der Waals surface area contributed by atoms with Crippen LogP contribution in [0.3, 0.4) is 0 Å². The molecule has 1 aromatic rings. The van der Waals surface area contributed by atoms with Crippen LogP contribution in [0.25, 0.3) is 0 Å². The van der Waals surface area contributed by atoms with Gasteiger partial charge in [0.25, 0.3) is 0 Å². The predicted octanol–water partition coefficient (Wildman–Crippen LogP) is 2.85. The van der Waals surface area contributed by atoms with E-state index < -0.39 is 0 Å². The average molecular weight is 339 g/mol. The molecule has 0 spiro atoms. The summed E-state index contributed by atoms with van der Waals surface area (Å²) in [6.45, 7) is 7.47. The van der Waals surface area contributed by atoms with E-state index in [2.05, 4.69) is 21.8 Å². The number of unbranched alkanes of at least 4 members (excludes halogenated alkanes) is 1. The van der Waals surface area contributed by atoms with Crippen LogP contribution in [0.4, 0.5) is 0 Å². The van der Waals surface area contributed by atoms with Crippen LogP contribution in [0.1, 0.15) is 51.0 Å². The zero-order valence-electron chi connectivity index (χ0n) is 14.1. The fraction of sp³-hybridized carbons (Fsp3) is 0.765. The Labute approximate surface area is 143 Å². The number of aryl methyl sites for hydroxylation is 1. The maximum atomic E-state index is 11.8. The normalized spacial score (nSPS) is 24.9. The molecule has 3 fully saturated rings. The van der Waals surface area contributed by atoms with Gasteiger partial charge in [0, 0.05) is 45.6 Å². The summed E-state index contributed by atoms with van der Waals surface area (Å²) in [6, 6.07) is 0.441. The summed E-state index contributed by atoms with van der Waals surface area (Å²) in [5.74, 6) is 1.78. The number of piperidine rings is 1. The van der Waals surface area contributed by atoms with Crippen LogP contribution < -0.4 is 0 Å². The highest BCUT2D eigenvalue weighted by Crippen LogP contribution is 2.30. The van der Waals surface area contributed by atoms with Crippen LogP contribution in [-0.2, 0) is 17.8 Å².